The van der Waals surface area contributed by atoms with Crippen LogP contribution in [0.5, 0.6) is 0 Å². The van der Waals surface area contributed by atoms with Crippen LogP contribution in [-0.2, 0) is 22.3 Å². The molecule has 0 aliphatic carbocycles. The van der Waals surface area contributed by atoms with Crippen LogP contribution in [-0.4, -0.2) is 0 Å². The Balaban J connectivity index is 2.55. The molecule has 0 unspecified atom stereocenters. The van der Waals surface area contributed by atoms with Gasteiger partial charge in [-0.1, -0.05) is 0 Å². The van der Waals surface area contributed by atoms with Gasteiger partial charge < -0.3 is 0 Å². The van der Waals surface area contributed by atoms with E-state index < -0.39 is 0 Å². The van der Waals surface area contributed by atoms with Gasteiger partial charge in [-0.15, -0.1) is 0 Å². The summed E-state index contributed by atoms with van der Waals surface area (Å²) in [5.41, 5.74) is 0. The number of benzene rings is 1. The molecular formula is C6H2N2S4. The van der Waals surface area contributed by atoms with Crippen LogP contribution in [0.25, 0.3) is 0 Å². The summed E-state index contributed by atoms with van der Waals surface area (Å²) in [5, 5.41) is 0. The summed E-state index contributed by atoms with van der Waals surface area (Å²) in [7, 11) is 0. The van der Waals surface area contributed by atoms with Gasteiger partial charge in [0.2, 0.25) is 0 Å². The molecule has 0 radical (unpaired) electrons. The Hall–Kier alpha value is -0.0400. The van der Waals surface area contributed by atoms with Gasteiger partial charge >= 0.3 is 0 Å². The fraction of sp³-hybridized carbons (Fsp3) is 0. The highest BCUT2D eigenvalue weighted by atomic mass is 32.2. The van der Waals surface area contributed by atoms with Gasteiger partial charge in [0.05, 0.1) is 18.8 Å². The van der Waals surface area contributed by atoms with Crippen molar-refractivity contribution in [2.75, 3.05) is 0 Å². The van der Waals surface area contributed by atoms with Crippen LogP contribution < -0.4 is 0 Å². The number of fused-ring (bicyclic) bond motifs is 2. The molecule has 2 heterocycles. The summed E-state index contributed by atoms with van der Waals surface area (Å²) < 4.78 is 10.9. The van der Waals surface area contributed by atoms with Gasteiger partial charge in [0.15, 0.2) is 0 Å². The van der Waals surface area contributed by atoms with E-state index in [0.717, 1.165) is 0 Å². The Bertz CT molecular complexity index is 500. The molecule has 0 fully saturated rings. The van der Waals surface area contributed by atoms with Crippen molar-refractivity contribution in [3.05, 3.63) is 21.2 Å². The summed E-state index contributed by atoms with van der Waals surface area (Å²) in [6.45, 7) is 0. The second-order valence-electron chi connectivity index (χ2n) is 2.26. The molecule has 0 saturated carbocycles. The Morgan fingerprint density at radius 2 is 1.33 bits per heavy atom. The van der Waals surface area contributed by atoms with Crippen LogP contribution in [0.2, 0.25) is 0 Å². The Morgan fingerprint density at radius 3 is 1.83 bits per heavy atom. The van der Waals surface area contributed by atoms with Crippen molar-refractivity contribution in [1.82, 2.24) is 0 Å². The predicted molar refractivity (Wildman–Crippen MR) is 55.4 cm³/mol. The summed E-state index contributed by atoms with van der Waals surface area (Å²) >= 11 is 6.23. The zero-order valence-corrected chi connectivity index (χ0v) is 8.95. The minimum atomic E-state index is 1.27. The highest BCUT2D eigenvalue weighted by Gasteiger charge is 2.07. The molecule has 2 nitrogen and oxygen atoms in total. The van der Waals surface area contributed by atoms with E-state index in [1.807, 2.05) is 0 Å². The van der Waals surface area contributed by atoms with Crippen LogP contribution in [0.3, 0.4) is 0 Å². The second kappa shape index (κ2) is 2.73. The largest absolute Gasteiger partial charge is 0.154 e. The highest BCUT2D eigenvalue weighted by molar-refractivity contribution is 8.03. The van der Waals surface area contributed by atoms with Crippen molar-refractivity contribution < 1.29 is 0 Å². The van der Waals surface area contributed by atoms with E-state index in [4.69, 9.17) is 0 Å². The van der Waals surface area contributed by atoms with Crippen molar-refractivity contribution in [1.29, 1.82) is 0 Å². The van der Waals surface area contributed by atoms with Gasteiger partial charge in [-0.3, -0.25) is 0 Å². The van der Waals surface area contributed by atoms with Crippen LogP contribution >= 0.6 is 23.9 Å². The molecule has 3 rings (SSSR count). The standard InChI is InChI=1S/C6H2N2S4/c1-3-5(11-7-9-3)2-6-4(1)10-8-12-6/h1-2H. The van der Waals surface area contributed by atoms with Crippen LogP contribution in [0, 0.1) is 9.02 Å². The molecule has 12 heavy (non-hydrogen) atoms. The molecule has 0 atom stereocenters. The third kappa shape index (κ3) is 1.02. The van der Waals surface area contributed by atoms with Gasteiger partial charge in [-0.05, 0) is 34.4 Å². The van der Waals surface area contributed by atoms with Gasteiger partial charge in [-0.2, -0.15) is 7.54 Å². The van der Waals surface area contributed by atoms with E-state index in [-0.39, 0.29) is 0 Å². The molecule has 0 aromatic heterocycles. The maximum Gasteiger partial charge on any atom is 0.0636 e. The first kappa shape index (κ1) is 7.37. The average Bonchev–Trinajstić information content (AvgIpc) is 2.64. The molecule has 0 saturated heterocycles. The first-order chi connectivity index (χ1) is 5.93. The van der Waals surface area contributed by atoms with Crippen molar-refractivity contribution in [2.24, 2.45) is 7.54 Å². The first-order valence-electron chi connectivity index (χ1n) is 3.20. The third-order valence-corrected chi connectivity index (χ3v) is 5.14. The van der Waals surface area contributed by atoms with E-state index in [1.165, 1.54) is 18.8 Å². The Morgan fingerprint density at radius 1 is 0.833 bits per heavy atom. The normalized spacial score (nSPS) is 16.7. The molecule has 6 heteroatoms. The minimum absolute atomic E-state index is 1.27. The monoisotopic (exact) mass is 230 g/mol. The van der Waals surface area contributed by atoms with Gasteiger partial charge in [0.1, 0.15) is 0 Å². The highest BCUT2D eigenvalue weighted by Crippen LogP contribution is 2.31. The summed E-state index contributed by atoms with van der Waals surface area (Å²) in [4.78, 5) is 2.54. The Labute approximate surface area is 84.5 Å². The van der Waals surface area contributed by atoms with Crippen molar-refractivity contribution in [3.63, 3.8) is 0 Å². The van der Waals surface area contributed by atoms with Gasteiger partial charge in [0.25, 0.3) is 0 Å². The first-order valence-corrected chi connectivity index (χ1v) is 6.30. The quantitative estimate of drug-likeness (QED) is 0.505. The zero-order chi connectivity index (χ0) is 7.97. The van der Waals surface area contributed by atoms with E-state index in [2.05, 4.69) is 19.7 Å². The fourth-order valence-corrected chi connectivity index (χ4v) is 4.46. The smallest absolute Gasteiger partial charge is 0.0636 e. The van der Waals surface area contributed by atoms with Crippen molar-refractivity contribution >= 4 is 46.2 Å². The number of hydrogen-bond acceptors (Lipinski definition) is 4. The topological polar surface area (TPSA) is 24.7 Å². The molecule has 0 N–H and O–H groups in total. The summed E-state index contributed by atoms with van der Waals surface area (Å²) in [6.07, 6.45) is 0. The number of nitrogens with zero attached hydrogens (tertiary/aromatic N) is 2. The average molecular weight is 230 g/mol. The SMILES string of the molecule is c1c2c(cc3c1=S=NS3)=S=NS2. The van der Waals surface area contributed by atoms with Crippen LogP contribution in [0.15, 0.2) is 29.5 Å². The lowest BCUT2D eigenvalue weighted by Gasteiger charge is -1.91. The van der Waals surface area contributed by atoms with E-state index in [1.54, 1.807) is 46.2 Å². The van der Waals surface area contributed by atoms with Crippen molar-refractivity contribution in [3.8, 4) is 0 Å². The minimum Gasteiger partial charge on any atom is -0.154 e. The maximum absolute atomic E-state index is 4.18. The van der Waals surface area contributed by atoms with E-state index in [0.29, 0.717) is 0 Å². The number of rotatable bonds is 0. The third-order valence-electron chi connectivity index (χ3n) is 1.55. The maximum atomic E-state index is 4.18. The zero-order valence-electron chi connectivity index (χ0n) is 5.68. The van der Waals surface area contributed by atoms with Crippen LogP contribution in [0.4, 0.5) is 0 Å². The fourth-order valence-electron chi connectivity index (χ4n) is 1.01. The molecule has 2 aliphatic heterocycles. The summed E-state index contributed by atoms with van der Waals surface area (Å²) in [6, 6.07) is 4.35. The lowest BCUT2D eigenvalue weighted by molar-refractivity contribution is 1.32. The second-order valence-corrected chi connectivity index (χ2v) is 5.94. The van der Waals surface area contributed by atoms with E-state index in [9.17, 15) is 0 Å². The van der Waals surface area contributed by atoms with Gasteiger partial charge in [-0.25, -0.2) is 0 Å². The van der Waals surface area contributed by atoms with Crippen molar-refractivity contribution in [2.45, 2.75) is 9.79 Å². The van der Waals surface area contributed by atoms with Crippen LogP contribution in [0.1, 0.15) is 0 Å². The lowest BCUT2D eigenvalue weighted by atomic mass is 10.4. The molecule has 0 bridgehead atoms. The number of hydrogen-bond donors (Lipinski definition) is 0. The molecule has 2 aliphatic rings. The van der Waals surface area contributed by atoms with Gasteiger partial charge in [0, 0.05) is 23.9 Å². The lowest BCUT2D eigenvalue weighted by Crippen LogP contribution is -1.74. The molecule has 1 aromatic carbocycles. The molecule has 60 valence electrons. The predicted octanol–water partition coefficient (Wildman–Crippen LogP) is 2.76. The Kier molecular flexibility index (Phi) is 1.68. The molecular weight excluding hydrogens is 228 g/mol. The molecule has 0 spiro atoms. The summed E-state index contributed by atoms with van der Waals surface area (Å²) in [5.74, 6) is 0. The van der Waals surface area contributed by atoms with E-state index >= 15 is 0 Å². The molecule has 0 amide bonds. The molecule has 1 aromatic rings.